The summed E-state index contributed by atoms with van der Waals surface area (Å²) in [6.45, 7) is 4.47. The highest BCUT2D eigenvalue weighted by atomic mass is 19.1. The summed E-state index contributed by atoms with van der Waals surface area (Å²) in [5, 5.41) is 4.99. The Labute approximate surface area is 134 Å². The van der Waals surface area contributed by atoms with Crippen LogP contribution >= 0.6 is 0 Å². The number of hydrogen-bond acceptors (Lipinski definition) is 5. The van der Waals surface area contributed by atoms with Crippen LogP contribution in [0.5, 0.6) is 0 Å². The van der Waals surface area contributed by atoms with Gasteiger partial charge in [-0.2, -0.15) is 0 Å². The second-order valence-corrected chi connectivity index (χ2v) is 6.32. The highest BCUT2D eigenvalue weighted by Crippen LogP contribution is 2.31. The summed E-state index contributed by atoms with van der Waals surface area (Å²) < 4.78 is 29.8. The summed E-state index contributed by atoms with van der Waals surface area (Å²) in [5.74, 6) is -0.595. The first-order valence-corrected chi connectivity index (χ1v) is 8.28. The molecule has 0 radical (unpaired) electrons. The number of likely N-dealkylation sites (tertiary alicyclic amines) is 1. The van der Waals surface area contributed by atoms with E-state index in [0.29, 0.717) is 5.58 Å². The van der Waals surface area contributed by atoms with Crippen molar-refractivity contribution in [1.82, 2.24) is 10.1 Å². The molecule has 5 nitrogen and oxygen atoms in total. The van der Waals surface area contributed by atoms with Crippen LogP contribution < -0.4 is 0 Å². The molecule has 124 valence electrons. The molecule has 1 aromatic heterocycles. The minimum atomic E-state index is -0.303. The second-order valence-electron chi connectivity index (χ2n) is 6.32. The lowest BCUT2D eigenvalue weighted by Crippen LogP contribution is -2.45. The number of rotatable bonds is 4. The van der Waals surface area contributed by atoms with Crippen LogP contribution in [0.3, 0.4) is 0 Å². The maximum Gasteiger partial charge on any atom is 0.170 e. The Morgan fingerprint density at radius 1 is 1.17 bits per heavy atom. The molecule has 0 aliphatic carbocycles. The number of hydrogen-bond donors (Lipinski definition) is 0. The Kier molecular flexibility index (Phi) is 4.05. The molecule has 0 unspecified atom stereocenters. The smallest absolute Gasteiger partial charge is 0.170 e. The van der Waals surface area contributed by atoms with Crippen molar-refractivity contribution in [2.45, 2.75) is 31.5 Å². The van der Waals surface area contributed by atoms with Crippen LogP contribution in [0.15, 0.2) is 22.7 Å². The van der Waals surface area contributed by atoms with Gasteiger partial charge in [-0.15, -0.1) is 0 Å². The fourth-order valence-corrected chi connectivity index (χ4v) is 3.52. The third kappa shape index (κ3) is 3.11. The van der Waals surface area contributed by atoms with Gasteiger partial charge in [-0.3, -0.25) is 0 Å². The predicted molar refractivity (Wildman–Crippen MR) is 82.6 cm³/mol. The summed E-state index contributed by atoms with van der Waals surface area (Å²) in [7, 11) is 0. The van der Waals surface area contributed by atoms with Crippen molar-refractivity contribution in [2.24, 2.45) is 0 Å². The molecule has 0 atom stereocenters. The minimum Gasteiger partial charge on any atom is -0.356 e. The van der Waals surface area contributed by atoms with E-state index in [1.54, 1.807) is 6.07 Å². The number of fused-ring (bicyclic) bond motifs is 1. The lowest BCUT2D eigenvalue weighted by atomic mass is 10.0. The number of nitrogens with zero attached hydrogens (tertiary/aromatic N) is 2. The first-order valence-electron chi connectivity index (χ1n) is 8.28. The van der Waals surface area contributed by atoms with Crippen LogP contribution in [0.2, 0.25) is 0 Å². The maximum atomic E-state index is 13.2. The molecular formula is C17H21FN2O3. The van der Waals surface area contributed by atoms with Gasteiger partial charge in [0.25, 0.3) is 0 Å². The van der Waals surface area contributed by atoms with Gasteiger partial charge in [0.05, 0.1) is 18.9 Å². The molecule has 3 heterocycles. The fourth-order valence-electron chi connectivity index (χ4n) is 3.52. The largest absolute Gasteiger partial charge is 0.356 e. The lowest BCUT2D eigenvalue weighted by molar-refractivity contribution is -0.185. The van der Waals surface area contributed by atoms with Crippen LogP contribution in [-0.2, 0) is 15.9 Å². The van der Waals surface area contributed by atoms with Crippen molar-refractivity contribution >= 4 is 11.0 Å². The van der Waals surface area contributed by atoms with Crippen LogP contribution in [0.25, 0.3) is 11.0 Å². The van der Waals surface area contributed by atoms with Gasteiger partial charge in [0.15, 0.2) is 11.4 Å². The highest BCUT2D eigenvalue weighted by Gasteiger charge is 2.39. The van der Waals surface area contributed by atoms with E-state index in [4.69, 9.17) is 14.0 Å². The van der Waals surface area contributed by atoms with Crippen molar-refractivity contribution in [3.8, 4) is 0 Å². The molecular weight excluding hydrogens is 299 g/mol. The van der Waals surface area contributed by atoms with Crippen molar-refractivity contribution in [2.75, 3.05) is 32.8 Å². The first-order chi connectivity index (χ1) is 11.2. The van der Waals surface area contributed by atoms with E-state index in [1.165, 1.54) is 12.1 Å². The van der Waals surface area contributed by atoms with E-state index in [1.807, 2.05) is 0 Å². The molecule has 0 amide bonds. The van der Waals surface area contributed by atoms with Crippen molar-refractivity contribution < 1.29 is 18.4 Å². The Bertz CT molecular complexity index is 672. The van der Waals surface area contributed by atoms with Gasteiger partial charge in [0.1, 0.15) is 5.82 Å². The van der Waals surface area contributed by atoms with E-state index >= 15 is 0 Å². The summed E-state index contributed by atoms with van der Waals surface area (Å²) >= 11 is 0. The molecule has 0 bridgehead atoms. The van der Waals surface area contributed by atoms with Crippen molar-refractivity contribution in [3.05, 3.63) is 29.7 Å². The highest BCUT2D eigenvalue weighted by molar-refractivity contribution is 5.79. The van der Waals surface area contributed by atoms with Gasteiger partial charge in [0, 0.05) is 37.4 Å². The molecule has 2 saturated heterocycles. The van der Waals surface area contributed by atoms with Gasteiger partial charge in [-0.25, -0.2) is 4.39 Å². The zero-order valence-electron chi connectivity index (χ0n) is 13.1. The average Bonchev–Trinajstić information content (AvgIpc) is 3.17. The molecule has 2 fully saturated rings. The predicted octanol–water partition coefficient (Wildman–Crippen LogP) is 2.74. The molecule has 1 aromatic carbocycles. The van der Waals surface area contributed by atoms with Crippen LogP contribution in [0.4, 0.5) is 4.39 Å². The number of aryl methyl sites for hydroxylation is 1. The van der Waals surface area contributed by atoms with E-state index in [2.05, 4.69) is 10.1 Å². The number of piperidine rings is 1. The van der Waals surface area contributed by atoms with Gasteiger partial charge >= 0.3 is 0 Å². The van der Waals surface area contributed by atoms with Crippen LogP contribution in [-0.4, -0.2) is 48.7 Å². The quantitative estimate of drug-likeness (QED) is 0.867. The van der Waals surface area contributed by atoms with Gasteiger partial charge in [-0.1, -0.05) is 5.16 Å². The zero-order valence-corrected chi connectivity index (χ0v) is 13.1. The third-order valence-electron chi connectivity index (χ3n) is 4.83. The normalized spacial score (nSPS) is 21.4. The SMILES string of the molecule is Fc1ccc2c(CCCN3CCC4(CC3)OCCO4)noc2c1. The van der Waals surface area contributed by atoms with Gasteiger partial charge in [-0.05, 0) is 31.5 Å². The van der Waals surface area contributed by atoms with E-state index in [-0.39, 0.29) is 11.6 Å². The van der Waals surface area contributed by atoms with Crippen LogP contribution in [0, 0.1) is 5.82 Å². The van der Waals surface area contributed by atoms with E-state index < -0.39 is 0 Å². The Balaban J connectivity index is 1.28. The first kappa shape index (κ1) is 15.1. The molecule has 2 aromatic rings. The zero-order chi connectivity index (χ0) is 15.7. The molecule has 0 N–H and O–H groups in total. The van der Waals surface area contributed by atoms with E-state index in [9.17, 15) is 4.39 Å². The Morgan fingerprint density at radius 2 is 1.96 bits per heavy atom. The molecule has 23 heavy (non-hydrogen) atoms. The Hall–Kier alpha value is -1.50. The molecule has 6 heteroatoms. The molecule has 2 aliphatic heterocycles. The average molecular weight is 320 g/mol. The second kappa shape index (κ2) is 6.19. The van der Waals surface area contributed by atoms with Gasteiger partial charge < -0.3 is 18.9 Å². The fraction of sp³-hybridized carbons (Fsp3) is 0.588. The maximum absolute atomic E-state index is 13.2. The standard InChI is InChI=1S/C17H21FN2O3/c18-13-3-4-14-15(19-23-16(14)12-13)2-1-7-20-8-5-17(6-9-20)21-10-11-22-17/h3-4,12H,1-2,5-11H2. The number of ether oxygens (including phenoxy) is 2. The Morgan fingerprint density at radius 3 is 2.74 bits per heavy atom. The summed E-state index contributed by atoms with van der Waals surface area (Å²) in [4.78, 5) is 2.44. The lowest BCUT2D eigenvalue weighted by Gasteiger charge is -2.37. The number of halogens is 1. The molecule has 0 saturated carbocycles. The van der Waals surface area contributed by atoms with Crippen molar-refractivity contribution in [1.29, 1.82) is 0 Å². The van der Waals surface area contributed by atoms with Gasteiger partial charge in [0.2, 0.25) is 0 Å². The topological polar surface area (TPSA) is 47.7 Å². The molecule has 2 aliphatic rings. The van der Waals surface area contributed by atoms with Crippen LogP contribution in [0.1, 0.15) is 25.0 Å². The monoisotopic (exact) mass is 320 g/mol. The minimum absolute atomic E-state index is 0.293. The number of aromatic nitrogens is 1. The molecule has 1 spiro atoms. The number of benzene rings is 1. The summed E-state index contributed by atoms with van der Waals surface area (Å²) in [6, 6.07) is 4.59. The van der Waals surface area contributed by atoms with Crippen molar-refractivity contribution in [3.63, 3.8) is 0 Å². The summed E-state index contributed by atoms with van der Waals surface area (Å²) in [6.07, 6.45) is 3.74. The third-order valence-corrected chi connectivity index (χ3v) is 4.83. The summed E-state index contributed by atoms with van der Waals surface area (Å²) in [5.41, 5.74) is 1.44. The van der Waals surface area contributed by atoms with E-state index in [0.717, 1.165) is 69.6 Å². The molecule has 4 rings (SSSR count).